The summed E-state index contributed by atoms with van der Waals surface area (Å²) >= 11 is 1.44. The number of piperazine rings is 1. The number of hydrogen-bond acceptors (Lipinski definition) is 10. The minimum Gasteiger partial charge on any atom is -0.424 e. The molecule has 3 aliphatic rings. The van der Waals surface area contributed by atoms with E-state index in [1.807, 2.05) is 43.3 Å². The number of ether oxygens (including phenoxy) is 2. The van der Waals surface area contributed by atoms with Gasteiger partial charge in [-0.25, -0.2) is 9.59 Å². The van der Waals surface area contributed by atoms with Crippen LogP contribution in [0.3, 0.4) is 0 Å². The first kappa shape index (κ1) is 25.7. The van der Waals surface area contributed by atoms with Gasteiger partial charge in [-0.15, -0.1) is 0 Å². The number of para-hydroxylation sites is 1. The average molecular weight is 548 g/mol. The largest absolute Gasteiger partial charge is 0.424 e. The first-order valence-electron chi connectivity index (χ1n) is 12.9. The van der Waals surface area contributed by atoms with Crippen LogP contribution in [0.25, 0.3) is 0 Å². The number of nitrogens with zero attached hydrogens (tertiary/aromatic N) is 2. The maximum atomic E-state index is 12.9. The number of hydrogen-bond donors (Lipinski definition) is 3. The van der Waals surface area contributed by atoms with Crippen molar-refractivity contribution in [2.24, 2.45) is 0 Å². The summed E-state index contributed by atoms with van der Waals surface area (Å²) in [6, 6.07) is 17.6. The monoisotopic (exact) mass is 547 g/mol. The topological polar surface area (TPSA) is 112 Å². The lowest BCUT2D eigenvalue weighted by Crippen LogP contribution is -2.44. The van der Waals surface area contributed by atoms with Crippen molar-refractivity contribution in [2.45, 2.75) is 34.8 Å². The average Bonchev–Trinajstić information content (AvgIpc) is 2.97. The Kier molecular flexibility index (Phi) is 6.72. The van der Waals surface area contributed by atoms with Gasteiger partial charge in [0.1, 0.15) is 5.75 Å². The lowest BCUT2D eigenvalue weighted by molar-refractivity contribution is -0.161. The van der Waals surface area contributed by atoms with Gasteiger partial charge >= 0.3 is 11.9 Å². The zero-order valence-corrected chi connectivity index (χ0v) is 22.4. The molecule has 10 heteroatoms. The van der Waals surface area contributed by atoms with Crippen molar-refractivity contribution in [1.29, 1.82) is 0 Å². The van der Waals surface area contributed by atoms with Crippen molar-refractivity contribution in [1.82, 2.24) is 4.90 Å². The molecule has 0 aliphatic carbocycles. The lowest BCUT2D eigenvalue weighted by Gasteiger charge is -2.34. The van der Waals surface area contributed by atoms with Crippen molar-refractivity contribution in [3.05, 3.63) is 65.7 Å². The first-order valence-corrected chi connectivity index (χ1v) is 13.7. The molecule has 3 aliphatic heterocycles. The Morgan fingerprint density at radius 1 is 0.923 bits per heavy atom. The number of aliphatic hydroxyl groups is 2. The molecule has 3 aromatic rings. The second kappa shape index (κ2) is 10.2. The maximum Gasteiger partial charge on any atom is 0.343 e. The third-order valence-electron chi connectivity index (χ3n) is 7.50. The van der Waals surface area contributed by atoms with Crippen molar-refractivity contribution in [3.8, 4) is 11.5 Å². The minimum atomic E-state index is -2.09. The number of benzene rings is 3. The van der Waals surface area contributed by atoms with Gasteiger partial charge < -0.3 is 34.8 Å². The normalized spacial score (nSPS) is 21.8. The van der Waals surface area contributed by atoms with Crippen LogP contribution in [0.2, 0.25) is 0 Å². The van der Waals surface area contributed by atoms with Gasteiger partial charge in [0, 0.05) is 53.1 Å². The molecule has 1 fully saturated rings. The molecule has 0 spiro atoms. The van der Waals surface area contributed by atoms with Gasteiger partial charge in [-0.1, -0.05) is 43.0 Å². The number of rotatable bonds is 3. The molecular weight excluding hydrogens is 518 g/mol. The third kappa shape index (κ3) is 4.74. The highest BCUT2D eigenvalue weighted by atomic mass is 32.2. The number of aliphatic hydroxyl groups excluding tert-OH is 2. The highest BCUT2D eigenvalue weighted by molar-refractivity contribution is 7.99. The van der Waals surface area contributed by atoms with Crippen molar-refractivity contribution >= 4 is 40.8 Å². The number of likely N-dealkylation sites (N-methyl/N-ethyl adjacent to an activating group) is 1. The van der Waals surface area contributed by atoms with Crippen LogP contribution in [0.5, 0.6) is 11.5 Å². The van der Waals surface area contributed by atoms with E-state index < -0.39 is 24.1 Å². The van der Waals surface area contributed by atoms with Crippen LogP contribution in [0, 0.1) is 0 Å². The molecule has 3 atom stereocenters. The predicted octanol–water partition coefficient (Wildman–Crippen LogP) is 3.34. The Labute approximate surface area is 230 Å². The SMILES string of the molecule is CC(c1ccc(N2CCN(C)CC2)cc1)c1c2cc3c(c1OC(=O)C(O)C(O)C(=O)O2)Nc1ccccc1S3. The quantitative estimate of drug-likeness (QED) is 0.261. The fraction of sp³-hybridized carbons (Fsp3) is 0.310. The molecule has 9 nitrogen and oxygen atoms in total. The molecular formula is C29H29N3O6S. The van der Waals surface area contributed by atoms with E-state index in [1.165, 1.54) is 11.8 Å². The van der Waals surface area contributed by atoms with Crippen LogP contribution in [0.4, 0.5) is 17.1 Å². The molecule has 0 amide bonds. The Bertz CT molecular complexity index is 1440. The van der Waals surface area contributed by atoms with Crippen molar-refractivity contribution in [3.63, 3.8) is 0 Å². The highest BCUT2D eigenvalue weighted by Crippen LogP contribution is 2.54. The van der Waals surface area contributed by atoms with Crippen LogP contribution in [0.1, 0.15) is 24.0 Å². The van der Waals surface area contributed by atoms with E-state index in [2.05, 4.69) is 34.3 Å². The number of anilines is 3. The van der Waals surface area contributed by atoms with Crippen LogP contribution in [-0.4, -0.2) is 72.5 Å². The molecule has 3 heterocycles. The summed E-state index contributed by atoms with van der Waals surface area (Å²) in [6.07, 6.45) is -4.16. The van der Waals surface area contributed by atoms with Gasteiger partial charge in [-0.05, 0) is 42.9 Å². The molecule has 3 aromatic carbocycles. The summed E-state index contributed by atoms with van der Waals surface area (Å²) < 4.78 is 11.4. The molecule has 1 saturated heterocycles. The molecule has 0 radical (unpaired) electrons. The fourth-order valence-corrected chi connectivity index (χ4v) is 6.16. The van der Waals surface area contributed by atoms with E-state index in [1.54, 1.807) is 6.07 Å². The number of fused-ring (bicyclic) bond motifs is 5. The fourth-order valence-electron chi connectivity index (χ4n) is 5.13. The Morgan fingerprint density at radius 3 is 2.31 bits per heavy atom. The lowest BCUT2D eigenvalue weighted by atomic mass is 9.90. The van der Waals surface area contributed by atoms with E-state index in [-0.39, 0.29) is 17.4 Å². The smallest absolute Gasteiger partial charge is 0.343 e. The zero-order chi connectivity index (χ0) is 27.3. The Balaban J connectivity index is 1.44. The van der Waals surface area contributed by atoms with Gasteiger partial charge in [0.15, 0.2) is 18.0 Å². The molecule has 0 saturated carbocycles. The van der Waals surface area contributed by atoms with Crippen molar-refractivity contribution in [2.75, 3.05) is 43.4 Å². The third-order valence-corrected chi connectivity index (χ3v) is 8.62. The van der Waals surface area contributed by atoms with E-state index in [0.29, 0.717) is 16.1 Å². The standard InChI is InChI=1S/C29H29N3O6S/c1-16(17-7-9-18(10-8-17)32-13-11-31(2)12-14-32)23-20-15-22-24(30-19-5-3-4-6-21(19)39-22)27(23)38-29(36)26(34)25(33)28(35)37-20/h3-10,15-16,25-26,30,33-34H,11-14H2,1-2H3. The molecule has 2 bridgehead atoms. The zero-order valence-electron chi connectivity index (χ0n) is 21.6. The van der Waals surface area contributed by atoms with Crippen LogP contribution in [-0.2, 0) is 9.59 Å². The number of esters is 2. The molecule has 202 valence electrons. The summed E-state index contributed by atoms with van der Waals surface area (Å²) in [7, 11) is 2.12. The van der Waals surface area contributed by atoms with Crippen LogP contribution < -0.4 is 19.7 Å². The van der Waals surface area contributed by atoms with Crippen LogP contribution >= 0.6 is 11.8 Å². The molecule has 6 rings (SSSR count). The Morgan fingerprint density at radius 2 is 1.59 bits per heavy atom. The van der Waals surface area contributed by atoms with Gasteiger partial charge in [0.2, 0.25) is 0 Å². The highest BCUT2D eigenvalue weighted by Gasteiger charge is 2.39. The molecule has 3 unspecified atom stereocenters. The number of nitrogens with one attached hydrogen (secondary N) is 1. The predicted molar refractivity (Wildman–Crippen MR) is 147 cm³/mol. The molecule has 39 heavy (non-hydrogen) atoms. The minimum absolute atomic E-state index is 0.158. The maximum absolute atomic E-state index is 12.9. The summed E-state index contributed by atoms with van der Waals surface area (Å²) in [6.45, 7) is 5.85. The van der Waals surface area contributed by atoms with Gasteiger partial charge in [-0.3, -0.25) is 0 Å². The second-order valence-corrected chi connectivity index (χ2v) is 11.1. The van der Waals surface area contributed by atoms with Gasteiger partial charge in [0.25, 0.3) is 0 Å². The summed E-state index contributed by atoms with van der Waals surface area (Å²) in [5.74, 6) is -2.30. The van der Waals surface area contributed by atoms with Crippen LogP contribution in [0.15, 0.2) is 64.4 Å². The summed E-state index contributed by atoms with van der Waals surface area (Å²) in [4.78, 5) is 31.9. The molecule has 3 N–H and O–H groups in total. The first-order chi connectivity index (χ1) is 18.8. The number of carbonyl (C=O) groups excluding carboxylic acids is 2. The van der Waals surface area contributed by atoms with E-state index in [9.17, 15) is 19.8 Å². The Hall–Kier alpha value is -3.57. The van der Waals surface area contributed by atoms with Crippen molar-refractivity contribution < 1.29 is 29.3 Å². The van der Waals surface area contributed by atoms with E-state index >= 15 is 0 Å². The van der Waals surface area contributed by atoms with E-state index in [0.717, 1.165) is 48.0 Å². The van der Waals surface area contributed by atoms with E-state index in [4.69, 9.17) is 9.47 Å². The van der Waals surface area contributed by atoms with Gasteiger partial charge in [-0.2, -0.15) is 0 Å². The molecule has 0 aromatic heterocycles. The van der Waals surface area contributed by atoms with Gasteiger partial charge in [0.05, 0.1) is 11.4 Å². The number of carbonyl (C=O) groups is 2. The second-order valence-electron chi connectivity index (χ2n) is 10.0. The summed E-state index contributed by atoms with van der Waals surface area (Å²) in [5, 5.41) is 23.9. The summed E-state index contributed by atoms with van der Waals surface area (Å²) in [5.41, 5.74) is 3.89.